The highest BCUT2D eigenvalue weighted by Gasteiger charge is 2.25. The molecule has 0 saturated heterocycles. The maximum absolute atomic E-state index is 12.4. The van der Waals surface area contributed by atoms with Gasteiger partial charge >= 0.3 is 12.1 Å². The van der Waals surface area contributed by atoms with Gasteiger partial charge in [-0.25, -0.2) is 14.6 Å². The van der Waals surface area contributed by atoms with Gasteiger partial charge in [-0.2, -0.15) is 0 Å². The van der Waals surface area contributed by atoms with Gasteiger partial charge in [-0.1, -0.05) is 78.3 Å². The molecule has 0 bridgehead atoms. The fourth-order valence-corrected chi connectivity index (χ4v) is 3.68. The minimum Gasteiger partial charge on any atom is -0.455 e. The third-order valence-corrected chi connectivity index (χ3v) is 5.48. The normalized spacial score (nSPS) is 12.1. The van der Waals surface area contributed by atoms with E-state index in [9.17, 15) is 19.5 Å². The summed E-state index contributed by atoms with van der Waals surface area (Å²) in [6.45, 7) is 4.52. The summed E-state index contributed by atoms with van der Waals surface area (Å²) in [7, 11) is 0. The molecule has 1 amide bonds. The molecule has 3 aromatic rings. The highest BCUT2D eigenvalue weighted by molar-refractivity contribution is 6.30. The standard InChI is InChI=1S/C29H31ClN2O6/c1-29(2,3)38-28(36)31-32(17-20-12-14-21(15-13-20)23-10-7-11-24(30)16-23)18-25(33)27(35)37-19-26(34)22-8-5-4-6-9-22/h4-16,25,33H,17-19H2,1-3H3,(H,31,36)/t25-/m1/s1. The Hall–Kier alpha value is -3.72. The first-order valence-corrected chi connectivity index (χ1v) is 12.4. The first kappa shape index (κ1) is 28.8. The smallest absolute Gasteiger partial charge is 0.422 e. The Morgan fingerprint density at radius 2 is 1.63 bits per heavy atom. The number of amides is 1. The van der Waals surface area contributed by atoms with Crippen molar-refractivity contribution < 1.29 is 29.0 Å². The van der Waals surface area contributed by atoms with Gasteiger partial charge in [0.15, 0.2) is 18.5 Å². The fourth-order valence-electron chi connectivity index (χ4n) is 3.49. The molecule has 0 saturated carbocycles. The number of Topliss-reactive ketones (excluding diaryl/α,β-unsaturated/α-hetero) is 1. The third kappa shape index (κ3) is 9.30. The van der Waals surface area contributed by atoms with Crippen molar-refractivity contribution in [3.8, 4) is 11.1 Å². The highest BCUT2D eigenvalue weighted by atomic mass is 35.5. The molecule has 0 heterocycles. The fraction of sp³-hybridized carbons (Fsp3) is 0.276. The van der Waals surface area contributed by atoms with Gasteiger partial charge in [0.25, 0.3) is 0 Å². The number of hydrogen-bond donors (Lipinski definition) is 2. The summed E-state index contributed by atoms with van der Waals surface area (Å²) in [5, 5.41) is 12.5. The zero-order valence-electron chi connectivity index (χ0n) is 21.5. The van der Waals surface area contributed by atoms with E-state index in [0.29, 0.717) is 10.6 Å². The topological polar surface area (TPSA) is 105 Å². The molecular weight excluding hydrogens is 508 g/mol. The van der Waals surface area contributed by atoms with Crippen LogP contribution in [0.25, 0.3) is 11.1 Å². The molecule has 0 fully saturated rings. The first-order chi connectivity index (χ1) is 18.0. The lowest BCUT2D eigenvalue weighted by atomic mass is 10.0. The Morgan fingerprint density at radius 3 is 2.26 bits per heavy atom. The predicted octanol–water partition coefficient (Wildman–Crippen LogP) is 5.04. The Labute approximate surface area is 227 Å². The van der Waals surface area contributed by atoms with Crippen LogP contribution in [-0.4, -0.2) is 52.8 Å². The second-order valence-electron chi connectivity index (χ2n) is 9.61. The van der Waals surface area contributed by atoms with Crippen LogP contribution in [0.4, 0.5) is 4.79 Å². The van der Waals surface area contributed by atoms with Gasteiger partial charge < -0.3 is 14.6 Å². The van der Waals surface area contributed by atoms with Crippen molar-refractivity contribution in [2.75, 3.05) is 13.2 Å². The molecule has 1 atom stereocenters. The monoisotopic (exact) mass is 538 g/mol. The van der Waals surface area contributed by atoms with Crippen molar-refractivity contribution in [1.82, 2.24) is 10.4 Å². The van der Waals surface area contributed by atoms with Crippen molar-refractivity contribution in [3.63, 3.8) is 0 Å². The maximum atomic E-state index is 12.4. The van der Waals surface area contributed by atoms with Crippen molar-refractivity contribution in [2.45, 2.75) is 39.0 Å². The van der Waals surface area contributed by atoms with Crippen LogP contribution in [0.3, 0.4) is 0 Å². The number of ether oxygens (including phenoxy) is 2. The number of ketones is 1. The van der Waals surface area contributed by atoms with Gasteiger partial charge in [-0.15, -0.1) is 0 Å². The van der Waals surface area contributed by atoms with Crippen LogP contribution in [0.1, 0.15) is 36.7 Å². The molecule has 8 nitrogen and oxygen atoms in total. The second-order valence-corrected chi connectivity index (χ2v) is 10.1. The molecule has 2 N–H and O–H groups in total. The van der Waals surface area contributed by atoms with Gasteiger partial charge in [0.05, 0.1) is 6.54 Å². The number of aliphatic hydroxyl groups excluding tert-OH is 1. The van der Waals surface area contributed by atoms with Crippen LogP contribution in [0.15, 0.2) is 78.9 Å². The average Bonchev–Trinajstić information content (AvgIpc) is 2.86. The number of benzene rings is 3. The van der Waals surface area contributed by atoms with Crippen molar-refractivity contribution in [3.05, 3.63) is 95.0 Å². The largest absolute Gasteiger partial charge is 0.455 e. The number of nitrogens with zero attached hydrogens (tertiary/aromatic N) is 1. The minimum atomic E-state index is -1.63. The van der Waals surface area contributed by atoms with Crippen LogP contribution in [0.2, 0.25) is 5.02 Å². The Bertz CT molecular complexity index is 1240. The molecule has 3 aromatic carbocycles. The molecule has 200 valence electrons. The molecule has 0 radical (unpaired) electrons. The number of hydrazine groups is 1. The molecular formula is C29H31ClN2O6. The summed E-state index contributed by atoms with van der Waals surface area (Å²) in [4.78, 5) is 37.0. The van der Waals surface area contributed by atoms with Gasteiger partial charge in [0.1, 0.15) is 5.60 Å². The lowest BCUT2D eigenvalue weighted by Crippen LogP contribution is -2.49. The number of halogens is 1. The van der Waals surface area contributed by atoms with E-state index in [1.165, 1.54) is 5.01 Å². The molecule has 38 heavy (non-hydrogen) atoms. The first-order valence-electron chi connectivity index (χ1n) is 12.0. The van der Waals surface area contributed by atoms with E-state index in [-0.39, 0.29) is 13.1 Å². The SMILES string of the molecule is CC(C)(C)OC(=O)NN(Cc1ccc(-c2cccc(Cl)c2)cc1)C[C@@H](O)C(=O)OCC(=O)c1ccccc1. The average molecular weight is 539 g/mol. The summed E-state index contributed by atoms with van der Waals surface area (Å²) in [6.07, 6.45) is -2.37. The number of hydrogen-bond acceptors (Lipinski definition) is 7. The van der Waals surface area contributed by atoms with E-state index in [2.05, 4.69) is 5.43 Å². The quantitative estimate of drug-likeness (QED) is 0.212. The van der Waals surface area contributed by atoms with E-state index >= 15 is 0 Å². The van der Waals surface area contributed by atoms with Crippen LogP contribution < -0.4 is 5.43 Å². The van der Waals surface area contributed by atoms with Crippen LogP contribution in [0, 0.1) is 0 Å². The second kappa shape index (κ2) is 13.2. The Morgan fingerprint density at radius 1 is 0.947 bits per heavy atom. The highest BCUT2D eigenvalue weighted by Crippen LogP contribution is 2.23. The lowest BCUT2D eigenvalue weighted by molar-refractivity contribution is -0.153. The Balaban J connectivity index is 1.66. The number of nitrogens with one attached hydrogen (secondary N) is 1. The minimum absolute atomic E-state index is 0.155. The maximum Gasteiger partial charge on any atom is 0.422 e. The summed E-state index contributed by atoms with van der Waals surface area (Å²) < 4.78 is 10.3. The summed E-state index contributed by atoms with van der Waals surface area (Å²) in [5.41, 5.74) is 4.92. The number of carbonyl (C=O) groups excluding carboxylic acids is 3. The zero-order chi connectivity index (χ0) is 27.7. The molecule has 3 rings (SSSR count). The van der Waals surface area contributed by atoms with E-state index in [4.69, 9.17) is 21.1 Å². The van der Waals surface area contributed by atoms with Gasteiger partial charge in [0.2, 0.25) is 0 Å². The van der Waals surface area contributed by atoms with Gasteiger partial charge in [-0.3, -0.25) is 10.2 Å². The summed E-state index contributed by atoms with van der Waals surface area (Å²) in [5.74, 6) is -1.38. The summed E-state index contributed by atoms with van der Waals surface area (Å²) >= 11 is 6.10. The number of aliphatic hydroxyl groups is 1. The number of esters is 1. The molecule has 0 aliphatic heterocycles. The van der Waals surface area contributed by atoms with Gasteiger partial charge in [0, 0.05) is 17.1 Å². The number of rotatable bonds is 10. The van der Waals surface area contributed by atoms with E-state index < -0.39 is 36.2 Å². The predicted molar refractivity (Wildman–Crippen MR) is 144 cm³/mol. The van der Waals surface area contributed by atoms with Crippen LogP contribution >= 0.6 is 11.6 Å². The molecule has 0 unspecified atom stereocenters. The number of carbonyl (C=O) groups is 3. The molecule has 0 aliphatic rings. The van der Waals surface area contributed by atoms with Crippen molar-refractivity contribution in [2.24, 2.45) is 0 Å². The van der Waals surface area contributed by atoms with Crippen LogP contribution in [-0.2, 0) is 20.8 Å². The van der Waals surface area contributed by atoms with E-state index in [1.807, 2.05) is 42.5 Å². The van der Waals surface area contributed by atoms with Crippen LogP contribution in [0.5, 0.6) is 0 Å². The third-order valence-electron chi connectivity index (χ3n) is 5.24. The van der Waals surface area contributed by atoms with Crippen molar-refractivity contribution >= 4 is 29.4 Å². The van der Waals surface area contributed by atoms with E-state index in [0.717, 1.165) is 16.7 Å². The van der Waals surface area contributed by atoms with Crippen molar-refractivity contribution in [1.29, 1.82) is 0 Å². The molecule has 0 spiro atoms. The molecule has 9 heteroatoms. The zero-order valence-corrected chi connectivity index (χ0v) is 22.3. The lowest BCUT2D eigenvalue weighted by Gasteiger charge is -2.27. The molecule has 0 aliphatic carbocycles. The summed E-state index contributed by atoms with van der Waals surface area (Å²) in [6, 6.07) is 23.4. The van der Waals surface area contributed by atoms with E-state index in [1.54, 1.807) is 57.2 Å². The molecule has 0 aromatic heterocycles. The van der Waals surface area contributed by atoms with Gasteiger partial charge in [-0.05, 0) is 49.6 Å². The Kier molecular flexibility index (Phi) is 10.0.